The summed E-state index contributed by atoms with van der Waals surface area (Å²) in [5.41, 5.74) is 3.45. The van der Waals surface area contributed by atoms with Gasteiger partial charge >= 0.3 is 13.5 Å². The van der Waals surface area contributed by atoms with Crippen LogP contribution in [0, 0.1) is 0 Å². The van der Waals surface area contributed by atoms with Crippen molar-refractivity contribution in [3.05, 3.63) is 16.7 Å². The largest absolute Gasteiger partial charge is 0.469 e. The highest BCUT2D eigenvalue weighted by Gasteiger charge is 2.56. The fourth-order valence-corrected chi connectivity index (χ4v) is 3.33. The average Bonchev–Trinajstić information content (AvgIpc) is 2.92. The van der Waals surface area contributed by atoms with Gasteiger partial charge in [0.15, 0.2) is 6.33 Å². The number of nitrogens with zero attached hydrogens (tertiary/aromatic N) is 3. The summed E-state index contributed by atoms with van der Waals surface area (Å²) in [6, 6.07) is 0. The number of hydrogen-bond donors (Lipinski definition) is 6. The predicted molar refractivity (Wildman–Crippen MR) is 84.5 cm³/mol. The molecule has 0 bridgehead atoms. The maximum atomic E-state index is 12.1. The van der Waals surface area contributed by atoms with Gasteiger partial charge in [-0.3, -0.25) is 18.9 Å². The zero-order valence-corrected chi connectivity index (χ0v) is 14.7. The highest BCUT2D eigenvalue weighted by Crippen LogP contribution is 2.40. The van der Waals surface area contributed by atoms with E-state index in [4.69, 9.17) is 20.3 Å². The molecule has 3 heterocycles. The van der Waals surface area contributed by atoms with Crippen LogP contribution in [-0.4, -0.2) is 59.0 Å². The molecule has 7 N–H and O–H groups in total. The van der Waals surface area contributed by atoms with Crippen LogP contribution in [0.15, 0.2) is 11.1 Å². The van der Waals surface area contributed by atoms with Crippen LogP contribution < -0.4 is 15.9 Å². The molecule has 1 aliphatic heterocycles. The predicted octanol–water partition coefficient (Wildman–Crippen LogP) is -2.75. The van der Waals surface area contributed by atoms with Gasteiger partial charge in [-0.1, -0.05) is 4.98 Å². The third kappa shape index (κ3) is 3.14. The van der Waals surface area contributed by atoms with E-state index in [-0.39, 0.29) is 17.1 Å². The van der Waals surface area contributed by atoms with Crippen LogP contribution in [0.1, 0.15) is 13.2 Å². The van der Waals surface area contributed by atoms with Gasteiger partial charge in [-0.2, -0.15) is 0 Å². The average molecular weight is 392 g/mol. The lowest BCUT2D eigenvalue weighted by Gasteiger charge is -2.24. The Labute approximate surface area is 145 Å². The van der Waals surface area contributed by atoms with Crippen molar-refractivity contribution in [3.63, 3.8) is 0 Å². The number of rotatable bonds is 4. The number of anilines is 1. The van der Waals surface area contributed by atoms with Crippen molar-refractivity contribution in [2.24, 2.45) is 7.05 Å². The first kappa shape index (κ1) is 18.9. The van der Waals surface area contributed by atoms with Crippen LogP contribution in [0.5, 0.6) is 0 Å². The van der Waals surface area contributed by atoms with Crippen molar-refractivity contribution >= 4 is 24.9 Å². The molecule has 0 saturated carbocycles. The van der Waals surface area contributed by atoms with Crippen LogP contribution in [-0.2, 0) is 20.9 Å². The second kappa shape index (κ2) is 6.09. The van der Waals surface area contributed by atoms with Gasteiger partial charge in [-0.15, -0.1) is 0 Å². The van der Waals surface area contributed by atoms with Crippen molar-refractivity contribution in [1.82, 2.24) is 14.5 Å². The smallest absolute Gasteiger partial charge is 0.387 e. The van der Waals surface area contributed by atoms with Gasteiger partial charge in [-0.25, -0.2) is 9.13 Å². The topological polar surface area (TPSA) is 197 Å². The summed E-state index contributed by atoms with van der Waals surface area (Å²) in [5.74, 6) is -0.151. The molecule has 0 aliphatic carbocycles. The number of aromatic amines is 1. The highest BCUT2D eigenvalue weighted by molar-refractivity contribution is 7.46. The monoisotopic (exact) mass is 392 g/mol. The second-order valence-corrected chi connectivity index (χ2v) is 7.48. The van der Waals surface area contributed by atoms with E-state index in [1.165, 1.54) is 22.4 Å². The number of nitrogen functional groups attached to an aromatic ring is 1. The maximum Gasteiger partial charge on any atom is 0.469 e. The van der Waals surface area contributed by atoms with Crippen molar-refractivity contribution < 1.29 is 38.4 Å². The lowest BCUT2D eigenvalue weighted by atomic mass is 9.96. The molecule has 0 radical (unpaired) electrons. The minimum absolute atomic E-state index is 0.0998. The van der Waals surface area contributed by atoms with Gasteiger partial charge < -0.3 is 30.5 Å². The number of fused-ring (bicyclic) bond motifs is 1. The normalized spacial score (nSPS) is 29.5. The molecular formula is C12H19N5O8P+. The standard InChI is InChI=1S/C12H18N5O8P/c1-12(20)7(18)5(3-24-26(21,22)23)25-10(12)17-4-16(2)6-8(17)14-11(13)15-9(6)19/h4-5,7,10,18,20H,3H2,1-2H3,(H4-,13,14,15,19,21,22,23)/p+1/t5-,7-,10-,12-/m1/s1. The molecule has 2 aromatic heterocycles. The second-order valence-electron chi connectivity index (χ2n) is 6.24. The number of phosphoric acid groups is 1. The zero-order chi connectivity index (χ0) is 19.4. The molecule has 26 heavy (non-hydrogen) atoms. The van der Waals surface area contributed by atoms with Crippen molar-refractivity contribution in [2.45, 2.75) is 31.0 Å². The number of nitrogens with one attached hydrogen (secondary N) is 1. The Hall–Kier alpha value is -1.86. The molecular weight excluding hydrogens is 373 g/mol. The van der Waals surface area contributed by atoms with Crippen molar-refractivity contribution in [3.8, 4) is 0 Å². The van der Waals surface area contributed by atoms with E-state index < -0.39 is 44.0 Å². The molecule has 13 nitrogen and oxygen atoms in total. The van der Waals surface area contributed by atoms with Gasteiger partial charge in [0.1, 0.15) is 17.8 Å². The number of ether oxygens (including phenoxy) is 1. The first-order chi connectivity index (χ1) is 11.9. The molecule has 3 rings (SSSR count). The number of aliphatic hydroxyl groups is 2. The van der Waals surface area contributed by atoms with Crippen LogP contribution >= 0.6 is 7.82 Å². The van der Waals surface area contributed by atoms with Gasteiger partial charge in [0.05, 0.1) is 13.7 Å². The Bertz CT molecular complexity index is 949. The number of aryl methyl sites for hydroxylation is 1. The Morgan fingerprint density at radius 3 is 2.85 bits per heavy atom. The summed E-state index contributed by atoms with van der Waals surface area (Å²) >= 11 is 0. The first-order valence-electron chi connectivity index (χ1n) is 7.44. The molecule has 1 fully saturated rings. The molecule has 0 spiro atoms. The van der Waals surface area contributed by atoms with E-state index in [1.54, 1.807) is 7.05 Å². The lowest BCUT2D eigenvalue weighted by Crippen LogP contribution is -2.53. The molecule has 4 atom stereocenters. The van der Waals surface area contributed by atoms with Gasteiger partial charge in [0.2, 0.25) is 11.7 Å². The quantitative estimate of drug-likeness (QED) is 0.234. The zero-order valence-electron chi connectivity index (χ0n) is 13.8. The molecule has 1 saturated heterocycles. The van der Waals surface area contributed by atoms with Crippen LogP contribution in [0.25, 0.3) is 11.2 Å². The number of nitrogens with two attached hydrogens (primary N) is 1. The number of aromatic nitrogens is 4. The summed E-state index contributed by atoms with van der Waals surface area (Å²) in [5, 5.41) is 21.0. The highest BCUT2D eigenvalue weighted by atomic mass is 31.2. The van der Waals surface area contributed by atoms with E-state index in [0.29, 0.717) is 0 Å². The third-order valence-corrected chi connectivity index (χ3v) is 4.69. The number of aliphatic hydroxyl groups excluding tert-OH is 1. The number of phosphoric ester groups is 1. The van der Waals surface area contributed by atoms with Gasteiger partial charge in [-0.05, 0) is 6.92 Å². The summed E-state index contributed by atoms with van der Waals surface area (Å²) in [4.78, 5) is 36.1. The van der Waals surface area contributed by atoms with Crippen LogP contribution in [0.2, 0.25) is 0 Å². The van der Waals surface area contributed by atoms with E-state index in [2.05, 4.69) is 14.5 Å². The summed E-state index contributed by atoms with van der Waals surface area (Å²) in [6.07, 6.45) is -2.56. The summed E-state index contributed by atoms with van der Waals surface area (Å²) in [6.45, 7) is 0.627. The molecule has 2 aromatic rings. The maximum absolute atomic E-state index is 12.1. The summed E-state index contributed by atoms with van der Waals surface area (Å²) < 4.78 is 23.5. The molecule has 1 aliphatic rings. The Balaban J connectivity index is 2.03. The Kier molecular flexibility index (Phi) is 4.43. The SMILES string of the molecule is Cn1c[n+]([C@@H]2O[C@H](COP(=O)(O)O)[C@@H](O)[C@@]2(C)O)c2nc(N)[nH]c(=O)c21. The van der Waals surface area contributed by atoms with Gasteiger partial charge in [0.25, 0.3) is 11.5 Å². The summed E-state index contributed by atoms with van der Waals surface area (Å²) in [7, 11) is -3.21. The molecule has 14 heteroatoms. The molecule has 0 unspecified atom stereocenters. The van der Waals surface area contributed by atoms with E-state index >= 15 is 0 Å². The molecule has 0 aromatic carbocycles. The van der Waals surface area contributed by atoms with Crippen LogP contribution in [0.3, 0.4) is 0 Å². The number of imidazole rings is 1. The number of H-pyrrole nitrogens is 1. The molecule has 144 valence electrons. The fourth-order valence-electron chi connectivity index (χ4n) is 2.99. The number of hydrogen-bond acceptors (Lipinski definition) is 8. The third-order valence-electron chi connectivity index (χ3n) is 4.20. The van der Waals surface area contributed by atoms with Gasteiger partial charge in [0, 0.05) is 0 Å². The van der Waals surface area contributed by atoms with E-state index in [1.807, 2.05) is 0 Å². The Morgan fingerprint density at radius 2 is 2.23 bits per heavy atom. The van der Waals surface area contributed by atoms with Crippen molar-refractivity contribution in [1.29, 1.82) is 0 Å². The fraction of sp³-hybridized carbons (Fsp3) is 0.583. The molecule has 0 amide bonds. The minimum atomic E-state index is -4.78. The van der Waals surface area contributed by atoms with E-state index in [0.717, 1.165) is 0 Å². The van der Waals surface area contributed by atoms with E-state index in [9.17, 15) is 19.6 Å². The first-order valence-corrected chi connectivity index (χ1v) is 8.97. The lowest BCUT2D eigenvalue weighted by molar-refractivity contribution is -0.752. The van der Waals surface area contributed by atoms with Crippen molar-refractivity contribution in [2.75, 3.05) is 12.3 Å². The minimum Gasteiger partial charge on any atom is -0.387 e. The Morgan fingerprint density at radius 1 is 1.58 bits per heavy atom. The van der Waals surface area contributed by atoms with Crippen LogP contribution in [0.4, 0.5) is 5.95 Å².